The van der Waals surface area contributed by atoms with Gasteiger partial charge in [-0.2, -0.15) is 0 Å². The van der Waals surface area contributed by atoms with E-state index < -0.39 is 0 Å². The van der Waals surface area contributed by atoms with Gasteiger partial charge >= 0.3 is 0 Å². The lowest BCUT2D eigenvalue weighted by Crippen LogP contribution is -2.45. The molecule has 1 heterocycles. The molecule has 0 saturated carbocycles. The predicted octanol–water partition coefficient (Wildman–Crippen LogP) is 3.69. The Bertz CT molecular complexity index is 605. The van der Waals surface area contributed by atoms with Gasteiger partial charge in [-0.15, -0.1) is 24.0 Å². The first-order valence-corrected chi connectivity index (χ1v) is 10.2. The van der Waals surface area contributed by atoms with Crippen molar-refractivity contribution in [1.29, 1.82) is 0 Å². The summed E-state index contributed by atoms with van der Waals surface area (Å²) in [6.45, 7) is 10.4. The highest BCUT2D eigenvalue weighted by Crippen LogP contribution is 2.32. The van der Waals surface area contributed by atoms with Crippen LogP contribution in [0.4, 0.5) is 0 Å². The third-order valence-corrected chi connectivity index (χ3v) is 5.73. The van der Waals surface area contributed by atoms with Crippen molar-refractivity contribution < 1.29 is 9.84 Å². The zero-order valence-electron chi connectivity index (χ0n) is 16.6. The van der Waals surface area contributed by atoms with Gasteiger partial charge in [-0.1, -0.05) is 48.0 Å². The van der Waals surface area contributed by atoms with Crippen LogP contribution in [0.25, 0.3) is 0 Å². The van der Waals surface area contributed by atoms with Gasteiger partial charge in [-0.05, 0) is 31.4 Å². The molecular weight excluding hydrogens is 521 g/mol. The number of ether oxygens (including phenoxy) is 1. The summed E-state index contributed by atoms with van der Waals surface area (Å²) in [5, 5.41) is 16.2. The van der Waals surface area contributed by atoms with E-state index in [2.05, 4.69) is 65.5 Å². The van der Waals surface area contributed by atoms with E-state index in [-0.39, 0.29) is 41.4 Å². The summed E-state index contributed by atoms with van der Waals surface area (Å²) in [5.74, 6) is 0.817. The van der Waals surface area contributed by atoms with Gasteiger partial charge in [0.15, 0.2) is 5.96 Å². The fourth-order valence-electron chi connectivity index (χ4n) is 3.30. The lowest BCUT2D eigenvalue weighted by Gasteiger charge is -2.28. The number of aliphatic imine (C=N–C) groups is 1. The number of guanidine groups is 1. The van der Waals surface area contributed by atoms with Crippen molar-refractivity contribution in [2.45, 2.75) is 39.0 Å². The molecule has 1 aromatic carbocycles. The van der Waals surface area contributed by atoms with Crippen molar-refractivity contribution in [2.75, 3.05) is 39.5 Å². The highest BCUT2D eigenvalue weighted by Gasteiger charge is 2.34. The molecule has 3 N–H and O–H groups in total. The lowest BCUT2D eigenvalue weighted by atomic mass is 9.84. The molecule has 0 bridgehead atoms. The largest absolute Gasteiger partial charge is 0.396 e. The van der Waals surface area contributed by atoms with Crippen molar-refractivity contribution in [3.8, 4) is 0 Å². The molecule has 1 fully saturated rings. The molecule has 27 heavy (non-hydrogen) atoms. The van der Waals surface area contributed by atoms with Gasteiger partial charge in [-0.25, -0.2) is 0 Å². The van der Waals surface area contributed by atoms with Gasteiger partial charge in [0.05, 0.1) is 13.2 Å². The third-order valence-electron chi connectivity index (χ3n) is 5.04. The average Bonchev–Trinajstić information content (AvgIpc) is 3.07. The van der Waals surface area contributed by atoms with E-state index in [1.807, 2.05) is 6.07 Å². The van der Waals surface area contributed by atoms with Crippen LogP contribution in [0.5, 0.6) is 0 Å². The van der Waals surface area contributed by atoms with Gasteiger partial charge in [0, 0.05) is 41.6 Å². The summed E-state index contributed by atoms with van der Waals surface area (Å²) in [6.07, 6.45) is 1.73. The van der Waals surface area contributed by atoms with Crippen molar-refractivity contribution in [2.24, 2.45) is 10.4 Å². The Labute approximate surface area is 188 Å². The summed E-state index contributed by atoms with van der Waals surface area (Å²) in [6, 6.07) is 8.31. The van der Waals surface area contributed by atoms with Crippen LogP contribution in [0.2, 0.25) is 0 Å². The predicted molar refractivity (Wildman–Crippen MR) is 126 cm³/mol. The van der Waals surface area contributed by atoms with Crippen LogP contribution in [-0.4, -0.2) is 50.5 Å². The highest BCUT2D eigenvalue weighted by molar-refractivity contribution is 14.0. The van der Waals surface area contributed by atoms with Gasteiger partial charge in [0.1, 0.15) is 0 Å². The summed E-state index contributed by atoms with van der Waals surface area (Å²) < 4.78 is 6.69. The van der Waals surface area contributed by atoms with Crippen molar-refractivity contribution in [3.05, 3.63) is 34.3 Å². The Morgan fingerprint density at radius 1 is 1.33 bits per heavy atom. The van der Waals surface area contributed by atoms with Gasteiger partial charge < -0.3 is 20.5 Å². The SMILES string of the molecule is CCNC(=NCC(C)(C)c1ccccc1Br)NCC1(CCO)CCOC1.I. The summed E-state index contributed by atoms with van der Waals surface area (Å²) in [4.78, 5) is 4.83. The highest BCUT2D eigenvalue weighted by atomic mass is 127. The van der Waals surface area contributed by atoms with E-state index in [0.717, 1.165) is 43.0 Å². The molecule has 0 radical (unpaired) electrons. The maximum atomic E-state index is 9.39. The Kier molecular flexibility index (Phi) is 10.6. The van der Waals surface area contributed by atoms with E-state index in [9.17, 15) is 5.11 Å². The van der Waals surface area contributed by atoms with Gasteiger partial charge in [-0.3, -0.25) is 4.99 Å². The first-order chi connectivity index (χ1) is 12.4. The maximum Gasteiger partial charge on any atom is 0.191 e. The number of nitrogens with zero attached hydrogens (tertiary/aromatic N) is 1. The molecule has 0 aromatic heterocycles. The molecule has 0 amide bonds. The summed E-state index contributed by atoms with van der Waals surface area (Å²) in [5.41, 5.74) is 1.17. The average molecular weight is 554 g/mol. The smallest absolute Gasteiger partial charge is 0.191 e. The number of hydrogen-bond donors (Lipinski definition) is 3. The van der Waals surface area contributed by atoms with E-state index in [4.69, 9.17) is 9.73 Å². The van der Waals surface area contributed by atoms with Gasteiger partial charge in [0.25, 0.3) is 0 Å². The number of halogens is 2. The minimum absolute atomic E-state index is 0. The van der Waals surface area contributed by atoms with Crippen molar-refractivity contribution in [1.82, 2.24) is 10.6 Å². The first kappa shape index (κ1) is 24.7. The fraction of sp³-hybridized carbons (Fsp3) is 0.650. The Hall–Kier alpha value is -0.380. The van der Waals surface area contributed by atoms with Crippen LogP contribution >= 0.6 is 39.9 Å². The molecule has 1 aliphatic rings. The molecule has 1 aromatic rings. The number of benzene rings is 1. The van der Waals surface area contributed by atoms with E-state index >= 15 is 0 Å². The quantitative estimate of drug-likeness (QED) is 0.261. The second-order valence-electron chi connectivity index (χ2n) is 7.69. The molecule has 154 valence electrons. The van der Waals surface area contributed by atoms with E-state index in [1.165, 1.54) is 5.56 Å². The van der Waals surface area contributed by atoms with Crippen molar-refractivity contribution in [3.63, 3.8) is 0 Å². The molecule has 0 spiro atoms. The Morgan fingerprint density at radius 3 is 2.67 bits per heavy atom. The zero-order chi connectivity index (χ0) is 19.0. The molecule has 1 unspecified atom stereocenters. The molecule has 1 saturated heterocycles. The molecule has 7 heteroatoms. The Morgan fingerprint density at radius 2 is 2.07 bits per heavy atom. The zero-order valence-corrected chi connectivity index (χ0v) is 20.5. The van der Waals surface area contributed by atoms with Crippen LogP contribution in [0, 0.1) is 5.41 Å². The minimum atomic E-state index is -0.0816. The van der Waals surface area contributed by atoms with Gasteiger partial charge in [0.2, 0.25) is 0 Å². The molecule has 0 aliphatic carbocycles. The van der Waals surface area contributed by atoms with Crippen LogP contribution in [0.3, 0.4) is 0 Å². The third kappa shape index (κ3) is 7.18. The number of nitrogens with one attached hydrogen (secondary N) is 2. The van der Waals surface area contributed by atoms with Crippen LogP contribution in [0.1, 0.15) is 39.2 Å². The number of aliphatic hydroxyl groups excluding tert-OH is 1. The monoisotopic (exact) mass is 553 g/mol. The molecule has 1 aliphatic heterocycles. The minimum Gasteiger partial charge on any atom is -0.396 e. The number of aliphatic hydroxyl groups is 1. The first-order valence-electron chi connectivity index (χ1n) is 9.38. The van der Waals surface area contributed by atoms with E-state index in [1.54, 1.807) is 0 Å². The standard InChI is InChI=1S/C20H32BrN3O2.HI/c1-4-22-18(24-14-20(9-11-25)10-12-26-15-20)23-13-19(2,3)16-7-5-6-8-17(16)21;/h5-8,25H,4,9-15H2,1-3H3,(H2,22,23,24);1H. The second kappa shape index (κ2) is 11.6. The summed E-state index contributed by atoms with van der Waals surface area (Å²) >= 11 is 3.65. The number of rotatable bonds is 8. The normalized spacial score (nSPS) is 20.3. The van der Waals surface area contributed by atoms with E-state index in [0.29, 0.717) is 13.2 Å². The van der Waals surface area contributed by atoms with Crippen LogP contribution < -0.4 is 10.6 Å². The van der Waals surface area contributed by atoms with Crippen molar-refractivity contribution >= 4 is 45.9 Å². The number of hydrogen-bond acceptors (Lipinski definition) is 3. The van der Waals surface area contributed by atoms with Crippen LogP contribution in [-0.2, 0) is 10.2 Å². The Balaban J connectivity index is 0.00000364. The fourth-order valence-corrected chi connectivity index (χ4v) is 4.12. The molecule has 2 rings (SSSR count). The maximum absolute atomic E-state index is 9.39. The molecule has 1 atom stereocenters. The molecular formula is C20H33BrIN3O2. The summed E-state index contributed by atoms with van der Waals surface area (Å²) in [7, 11) is 0. The second-order valence-corrected chi connectivity index (χ2v) is 8.54. The topological polar surface area (TPSA) is 65.9 Å². The lowest BCUT2D eigenvalue weighted by molar-refractivity contribution is 0.127. The van der Waals surface area contributed by atoms with Crippen LogP contribution in [0.15, 0.2) is 33.7 Å². The molecule has 5 nitrogen and oxygen atoms in total.